The van der Waals surface area contributed by atoms with Crippen LogP contribution in [0.4, 0.5) is 4.79 Å². The lowest BCUT2D eigenvalue weighted by molar-refractivity contribution is -0.0581. The molecule has 5 aliphatic rings. The van der Waals surface area contributed by atoms with Crippen LogP contribution < -0.4 is 5.32 Å². The van der Waals surface area contributed by atoms with E-state index in [4.69, 9.17) is 9.84 Å². The standard InChI is InChI=1S/C36H63N3O3/c1-26(2)7-6-8-27(3)31-11-12-32-30-10-9-28-25-29(13-15-35(28,4)33(30)14-16-36(31,32)5)42-34(41)37-17-18-38-19-21-39(22-20-38)23-24-40/h9,26-27,29-33,40H,6-8,10-25H2,1-5H3,(H,37,41)/t27-,29+,30+,31-,32+,33+,35+,36-/m1/s1. The summed E-state index contributed by atoms with van der Waals surface area (Å²) in [5, 5.41) is 12.2. The Morgan fingerprint density at radius 1 is 1.00 bits per heavy atom. The Balaban J connectivity index is 1.10. The highest BCUT2D eigenvalue weighted by Gasteiger charge is 2.59. The molecule has 0 radical (unpaired) electrons. The minimum absolute atomic E-state index is 0.0132. The molecule has 8 atom stereocenters. The van der Waals surface area contributed by atoms with Gasteiger partial charge in [0.2, 0.25) is 0 Å². The number of hydrogen-bond acceptors (Lipinski definition) is 5. The van der Waals surface area contributed by atoms with Crippen molar-refractivity contribution in [3.05, 3.63) is 11.6 Å². The largest absolute Gasteiger partial charge is 0.446 e. The van der Waals surface area contributed by atoms with Crippen molar-refractivity contribution in [2.24, 2.45) is 46.3 Å². The predicted molar refractivity (Wildman–Crippen MR) is 171 cm³/mol. The van der Waals surface area contributed by atoms with Gasteiger partial charge in [0.25, 0.3) is 0 Å². The number of fused-ring (bicyclic) bond motifs is 5. The van der Waals surface area contributed by atoms with E-state index in [0.717, 1.165) is 94.0 Å². The molecular weight excluding hydrogens is 522 g/mol. The summed E-state index contributed by atoms with van der Waals surface area (Å²) < 4.78 is 5.99. The molecular formula is C36H63N3O3. The Kier molecular flexibility index (Phi) is 10.7. The number of nitrogens with zero attached hydrogens (tertiary/aromatic N) is 2. The zero-order valence-electron chi connectivity index (χ0n) is 27.7. The first-order chi connectivity index (χ1) is 20.1. The lowest BCUT2D eigenvalue weighted by atomic mass is 9.47. The molecule has 5 rings (SSSR count). The van der Waals surface area contributed by atoms with E-state index >= 15 is 0 Å². The van der Waals surface area contributed by atoms with Gasteiger partial charge in [0.05, 0.1) is 6.61 Å². The molecule has 240 valence electrons. The molecule has 0 aromatic rings. The smallest absolute Gasteiger partial charge is 0.407 e. The summed E-state index contributed by atoms with van der Waals surface area (Å²) in [5.74, 6) is 5.14. The second-order valence-corrected chi connectivity index (χ2v) is 15.9. The summed E-state index contributed by atoms with van der Waals surface area (Å²) in [6, 6.07) is 0. The van der Waals surface area contributed by atoms with Gasteiger partial charge in [-0.25, -0.2) is 4.79 Å². The summed E-state index contributed by atoms with van der Waals surface area (Å²) in [6.07, 6.45) is 16.6. The quantitative estimate of drug-likeness (QED) is 0.263. The van der Waals surface area contributed by atoms with Gasteiger partial charge in [-0.1, -0.05) is 65.5 Å². The van der Waals surface area contributed by atoms with Crippen molar-refractivity contribution in [2.75, 3.05) is 52.4 Å². The molecule has 4 fully saturated rings. The zero-order chi connectivity index (χ0) is 29.9. The molecule has 0 aromatic carbocycles. The Labute approximate surface area is 257 Å². The number of carbonyl (C=O) groups excluding carboxylic acids is 1. The number of aliphatic hydroxyl groups is 1. The van der Waals surface area contributed by atoms with Gasteiger partial charge in [-0.3, -0.25) is 9.80 Å². The molecule has 6 heteroatoms. The van der Waals surface area contributed by atoms with Crippen LogP contribution in [0.5, 0.6) is 0 Å². The fraction of sp³-hybridized carbons (Fsp3) is 0.917. The summed E-state index contributed by atoms with van der Waals surface area (Å²) in [4.78, 5) is 17.4. The first kappa shape index (κ1) is 32.3. The second-order valence-electron chi connectivity index (χ2n) is 15.9. The number of ether oxygens (including phenoxy) is 1. The first-order valence-corrected chi connectivity index (χ1v) is 17.8. The van der Waals surface area contributed by atoms with E-state index in [0.29, 0.717) is 17.4 Å². The van der Waals surface area contributed by atoms with Crippen LogP contribution >= 0.6 is 0 Å². The maximum Gasteiger partial charge on any atom is 0.407 e. The van der Waals surface area contributed by atoms with Crippen LogP contribution in [-0.2, 0) is 4.74 Å². The number of β-amino-alcohol motifs (C(OH)–C–C–N with tert-alkyl or cyclic N) is 1. The van der Waals surface area contributed by atoms with E-state index < -0.39 is 0 Å². The average Bonchev–Trinajstić information content (AvgIpc) is 3.31. The predicted octanol–water partition coefficient (Wildman–Crippen LogP) is 6.73. The molecule has 4 aliphatic carbocycles. The molecule has 0 spiro atoms. The highest BCUT2D eigenvalue weighted by molar-refractivity contribution is 5.67. The minimum Gasteiger partial charge on any atom is -0.446 e. The normalized spacial score (nSPS) is 37.9. The molecule has 3 saturated carbocycles. The van der Waals surface area contributed by atoms with Gasteiger partial charge in [-0.05, 0) is 91.3 Å². The van der Waals surface area contributed by atoms with E-state index in [9.17, 15) is 4.79 Å². The van der Waals surface area contributed by atoms with Gasteiger partial charge in [0.15, 0.2) is 0 Å². The van der Waals surface area contributed by atoms with Crippen molar-refractivity contribution >= 4 is 6.09 Å². The van der Waals surface area contributed by atoms with Crippen LogP contribution in [0.15, 0.2) is 11.6 Å². The van der Waals surface area contributed by atoms with Crippen LogP contribution in [-0.4, -0.2) is 79.5 Å². The molecule has 1 heterocycles. The second kappa shape index (κ2) is 13.9. The van der Waals surface area contributed by atoms with Crippen molar-refractivity contribution in [3.63, 3.8) is 0 Å². The number of aliphatic hydroxyl groups excluding tert-OH is 1. The number of hydrogen-bond donors (Lipinski definition) is 2. The summed E-state index contributed by atoms with van der Waals surface area (Å²) in [7, 11) is 0. The van der Waals surface area contributed by atoms with E-state index in [1.165, 1.54) is 51.4 Å². The van der Waals surface area contributed by atoms with Crippen LogP contribution in [0.25, 0.3) is 0 Å². The first-order valence-electron chi connectivity index (χ1n) is 17.8. The average molecular weight is 586 g/mol. The van der Waals surface area contributed by atoms with Gasteiger partial charge >= 0.3 is 6.09 Å². The Hall–Kier alpha value is -1.11. The van der Waals surface area contributed by atoms with Crippen molar-refractivity contribution in [2.45, 2.75) is 111 Å². The highest BCUT2D eigenvalue weighted by Crippen LogP contribution is 2.67. The number of piperazine rings is 1. The zero-order valence-corrected chi connectivity index (χ0v) is 27.7. The van der Waals surface area contributed by atoms with E-state index in [1.54, 1.807) is 5.57 Å². The number of amides is 1. The Morgan fingerprint density at radius 3 is 2.45 bits per heavy atom. The maximum absolute atomic E-state index is 12.7. The molecule has 0 bridgehead atoms. The van der Waals surface area contributed by atoms with Gasteiger partial charge in [-0.2, -0.15) is 0 Å². The molecule has 1 saturated heterocycles. The van der Waals surface area contributed by atoms with E-state index in [2.05, 4.69) is 55.8 Å². The van der Waals surface area contributed by atoms with Gasteiger partial charge in [0, 0.05) is 52.2 Å². The topological polar surface area (TPSA) is 65.0 Å². The number of allylic oxidation sites excluding steroid dienone is 1. The monoisotopic (exact) mass is 585 g/mol. The molecule has 0 unspecified atom stereocenters. The molecule has 42 heavy (non-hydrogen) atoms. The maximum atomic E-state index is 12.7. The number of nitrogens with one attached hydrogen (secondary N) is 1. The third-order valence-corrected chi connectivity index (χ3v) is 13.1. The Bertz CT molecular complexity index is 930. The number of rotatable bonds is 11. The van der Waals surface area contributed by atoms with E-state index in [1.807, 2.05) is 0 Å². The third kappa shape index (κ3) is 6.91. The molecule has 0 aromatic heterocycles. The Morgan fingerprint density at radius 2 is 1.74 bits per heavy atom. The fourth-order valence-electron chi connectivity index (χ4n) is 10.6. The van der Waals surface area contributed by atoms with Gasteiger partial charge in [-0.15, -0.1) is 0 Å². The van der Waals surface area contributed by atoms with Crippen molar-refractivity contribution in [3.8, 4) is 0 Å². The van der Waals surface area contributed by atoms with Gasteiger partial charge in [0.1, 0.15) is 6.10 Å². The lowest BCUT2D eigenvalue weighted by Crippen LogP contribution is -2.51. The van der Waals surface area contributed by atoms with Crippen LogP contribution in [0.1, 0.15) is 105 Å². The van der Waals surface area contributed by atoms with Gasteiger partial charge < -0.3 is 15.2 Å². The number of carbonyl (C=O) groups is 1. The fourth-order valence-corrected chi connectivity index (χ4v) is 10.6. The molecule has 1 aliphatic heterocycles. The van der Waals surface area contributed by atoms with Crippen LogP contribution in [0, 0.1) is 46.3 Å². The number of alkyl carbamates (subject to hydrolysis) is 1. The summed E-state index contributed by atoms with van der Waals surface area (Å²) >= 11 is 0. The summed E-state index contributed by atoms with van der Waals surface area (Å²) in [5.41, 5.74) is 2.42. The van der Waals surface area contributed by atoms with Crippen molar-refractivity contribution < 1.29 is 14.6 Å². The molecule has 1 amide bonds. The lowest BCUT2D eigenvalue weighted by Gasteiger charge is -2.58. The van der Waals surface area contributed by atoms with Crippen molar-refractivity contribution in [1.82, 2.24) is 15.1 Å². The van der Waals surface area contributed by atoms with Crippen LogP contribution in [0.3, 0.4) is 0 Å². The minimum atomic E-state index is -0.246. The molecule has 6 nitrogen and oxygen atoms in total. The highest BCUT2D eigenvalue weighted by atomic mass is 16.6. The summed E-state index contributed by atoms with van der Waals surface area (Å²) in [6.45, 7) is 19.0. The molecule has 2 N–H and O–H groups in total. The third-order valence-electron chi connectivity index (χ3n) is 13.1. The van der Waals surface area contributed by atoms with Crippen LogP contribution in [0.2, 0.25) is 0 Å². The SMILES string of the molecule is CC(C)CCC[C@@H](C)[C@H]1CC[C@H]2[C@@H]3CC=C4C[C@@H](OC(=O)NCCN5CCN(CCO)CC5)CC[C@]4(C)[C@H]3CC[C@]12C. The van der Waals surface area contributed by atoms with Crippen molar-refractivity contribution in [1.29, 1.82) is 0 Å². The van der Waals surface area contributed by atoms with E-state index in [-0.39, 0.29) is 18.8 Å².